The van der Waals surface area contributed by atoms with Gasteiger partial charge in [0, 0.05) is 40.5 Å². The van der Waals surface area contributed by atoms with Crippen molar-refractivity contribution in [1.82, 2.24) is 9.99 Å². The highest BCUT2D eigenvalue weighted by atomic mass is 35.5. The topological polar surface area (TPSA) is 58.0 Å². The second-order valence-electron chi connectivity index (χ2n) is 6.60. The van der Waals surface area contributed by atoms with Gasteiger partial charge in [-0.2, -0.15) is 5.10 Å². The van der Waals surface area contributed by atoms with E-state index in [1.165, 1.54) is 0 Å². The van der Waals surface area contributed by atoms with Crippen LogP contribution in [0.3, 0.4) is 0 Å². The van der Waals surface area contributed by atoms with Crippen molar-refractivity contribution in [3.8, 4) is 11.5 Å². The molecular formula is C21H16ClN3O2. The van der Waals surface area contributed by atoms with Gasteiger partial charge in [0.05, 0.1) is 11.8 Å². The largest absolute Gasteiger partial charge is 0.507 e. The average Bonchev–Trinajstić information content (AvgIpc) is 3.14. The predicted molar refractivity (Wildman–Crippen MR) is 103 cm³/mol. The summed E-state index contributed by atoms with van der Waals surface area (Å²) in [6.45, 7) is 0. The number of hydrazone groups is 1. The van der Waals surface area contributed by atoms with Gasteiger partial charge in [-0.25, -0.2) is 5.01 Å². The third kappa shape index (κ3) is 2.71. The first-order valence-electron chi connectivity index (χ1n) is 8.71. The third-order valence-corrected chi connectivity index (χ3v) is 5.19. The fourth-order valence-corrected chi connectivity index (χ4v) is 3.87. The number of halogens is 1. The Hall–Kier alpha value is -3.05. The Bertz CT molecular complexity index is 1040. The number of ether oxygens (including phenoxy) is 1. The van der Waals surface area contributed by atoms with Gasteiger partial charge in [-0.1, -0.05) is 23.7 Å². The van der Waals surface area contributed by atoms with Gasteiger partial charge in [0.25, 0.3) is 0 Å². The highest BCUT2D eigenvalue weighted by molar-refractivity contribution is 6.30. The van der Waals surface area contributed by atoms with E-state index >= 15 is 0 Å². The molecule has 3 heterocycles. The molecule has 1 aromatic heterocycles. The summed E-state index contributed by atoms with van der Waals surface area (Å²) >= 11 is 6.24. The van der Waals surface area contributed by atoms with Crippen molar-refractivity contribution in [2.24, 2.45) is 5.10 Å². The van der Waals surface area contributed by atoms with Crippen LogP contribution in [0.5, 0.6) is 11.5 Å². The van der Waals surface area contributed by atoms with E-state index in [-0.39, 0.29) is 18.0 Å². The summed E-state index contributed by atoms with van der Waals surface area (Å²) in [6, 6.07) is 16.8. The van der Waals surface area contributed by atoms with Gasteiger partial charge in [0.2, 0.25) is 6.23 Å². The summed E-state index contributed by atoms with van der Waals surface area (Å²) in [7, 11) is 0. The van der Waals surface area contributed by atoms with E-state index in [4.69, 9.17) is 21.4 Å². The van der Waals surface area contributed by atoms with E-state index < -0.39 is 0 Å². The van der Waals surface area contributed by atoms with Crippen LogP contribution in [0.15, 0.2) is 72.1 Å². The molecule has 5 rings (SSSR count). The molecule has 2 unspecified atom stereocenters. The number of pyridine rings is 1. The Morgan fingerprint density at radius 1 is 1.07 bits per heavy atom. The zero-order valence-electron chi connectivity index (χ0n) is 14.3. The van der Waals surface area contributed by atoms with Crippen LogP contribution in [0.25, 0.3) is 0 Å². The molecular weight excluding hydrogens is 362 g/mol. The number of fused-ring (bicyclic) bond motifs is 3. The van der Waals surface area contributed by atoms with Gasteiger partial charge in [-0.15, -0.1) is 0 Å². The van der Waals surface area contributed by atoms with Crippen molar-refractivity contribution in [3.63, 3.8) is 0 Å². The lowest BCUT2D eigenvalue weighted by atomic mass is 9.95. The number of rotatable bonds is 2. The molecule has 2 atom stereocenters. The standard InChI is InChI=1S/C21H16ClN3O2/c22-14-5-6-20-16(11-14)18-12-17(15-3-1-2-4-19(15)26)24-25(18)21(27-20)13-7-9-23-10-8-13/h1-11,18,21,26H,12H2. The first-order valence-corrected chi connectivity index (χ1v) is 9.09. The van der Waals surface area contributed by atoms with Crippen molar-refractivity contribution in [2.45, 2.75) is 18.7 Å². The van der Waals surface area contributed by atoms with Crippen molar-refractivity contribution < 1.29 is 9.84 Å². The fourth-order valence-electron chi connectivity index (χ4n) is 3.69. The van der Waals surface area contributed by atoms with E-state index in [1.54, 1.807) is 24.5 Å². The monoisotopic (exact) mass is 377 g/mol. The molecule has 2 aromatic carbocycles. The van der Waals surface area contributed by atoms with E-state index in [0.717, 1.165) is 28.2 Å². The molecule has 0 radical (unpaired) electrons. The van der Waals surface area contributed by atoms with Gasteiger partial charge < -0.3 is 9.84 Å². The Labute approximate surface area is 161 Å². The lowest BCUT2D eigenvalue weighted by molar-refractivity contribution is -0.0190. The predicted octanol–water partition coefficient (Wildman–Crippen LogP) is 4.68. The van der Waals surface area contributed by atoms with Crippen LogP contribution in [0.2, 0.25) is 5.02 Å². The molecule has 134 valence electrons. The molecule has 6 heteroatoms. The zero-order valence-corrected chi connectivity index (χ0v) is 15.0. The second kappa shape index (κ2) is 6.28. The third-order valence-electron chi connectivity index (χ3n) is 4.96. The van der Waals surface area contributed by atoms with Crippen molar-refractivity contribution in [3.05, 3.63) is 88.7 Å². The highest BCUT2D eigenvalue weighted by Crippen LogP contribution is 2.48. The fraction of sp³-hybridized carbons (Fsp3) is 0.143. The summed E-state index contributed by atoms with van der Waals surface area (Å²) in [4.78, 5) is 4.10. The lowest BCUT2D eigenvalue weighted by Gasteiger charge is -2.38. The number of hydrogen-bond donors (Lipinski definition) is 1. The number of benzene rings is 2. The van der Waals surface area contributed by atoms with Gasteiger partial charge in [-0.05, 0) is 42.5 Å². The first kappa shape index (κ1) is 16.1. The van der Waals surface area contributed by atoms with Crippen molar-refractivity contribution >= 4 is 17.3 Å². The van der Waals surface area contributed by atoms with E-state index in [9.17, 15) is 5.11 Å². The molecule has 0 bridgehead atoms. The van der Waals surface area contributed by atoms with Gasteiger partial charge in [-0.3, -0.25) is 4.98 Å². The summed E-state index contributed by atoms with van der Waals surface area (Å²) in [5, 5.41) is 17.7. The number of hydrogen-bond acceptors (Lipinski definition) is 5. The molecule has 0 spiro atoms. The first-order chi connectivity index (χ1) is 13.2. The van der Waals surface area contributed by atoms with Crippen molar-refractivity contribution in [1.29, 1.82) is 0 Å². The molecule has 3 aromatic rings. The maximum absolute atomic E-state index is 10.3. The maximum Gasteiger partial charge on any atom is 0.213 e. The lowest BCUT2D eigenvalue weighted by Crippen LogP contribution is -2.33. The molecule has 0 aliphatic carbocycles. The van der Waals surface area contributed by atoms with Crippen molar-refractivity contribution in [2.75, 3.05) is 0 Å². The van der Waals surface area contributed by atoms with Crippen LogP contribution in [0.4, 0.5) is 0 Å². The molecule has 2 aliphatic rings. The molecule has 2 aliphatic heterocycles. The smallest absolute Gasteiger partial charge is 0.213 e. The van der Waals surface area contributed by atoms with E-state index in [2.05, 4.69) is 4.98 Å². The molecule has 1 N–H and O–H groups in total. The number of aromatic nitrogens is 1. The maximum atomic E-state index is 10.3. The molecule has 27 heavy (non-hydrogen) atoms. The minimum Gasteiger partial charge on any atom is -0.507 e. The number of phenols is 1. The summed E-state index contributed by atoms with van der Waals surface area (Å²) in [6.07, 6.45) is 3.79. The minimum absolute atomic E-state index is 0.0137. The van der Waals surface area contributed by atoms with Gasteiger partial charge in [0.1, 0.15) is 11.5 Å². The summed E-state index contributed by atoms with van der Waals surface area (Å²) in [5.41, 5.74) is 3.54. The Kier molecular flexibility index (Phi) is 3.76. The van der Waals surface area contributed by atoms with Crippen LogP contribution < -0.4 is 4.74 Å². The average molecular weight is 378 g/mol. The van der Waals surface area contributed by atoms with E-state index in [1.807, 2.05) is 47.5 Å². The molecule has 0 saturated carbocycles. The molecule has 5 nitrogen and oxygen atoms in total. The number of para-hydroxylation sites is 1. The normalized spacial score (nSPS) is 20.5. The van der Waals surface area contributed by atoms with Crippen LogP contribution >= 0.6 is 11.6 Å². The zero-order chi connectivity index (χ0) is 18.4. The van der Waals surface area contributed by atoms with Crippen LogP contribution in [-0.2, 0) is 0 Å². The van der Waals surface area contributed by atoms with Gasteiger partial charge in [0.15, 0.2) is 0 Å². The number of phenolic OH excluding ortho intramolecular Hbond substituents is 1. The van der Waals surface area contributed by atoms with E-state index in [0.29, 0.717) is 11.4 Å². The summed E-state index contributed by atoms with van der Waals surface area (Å²) < 4.78 is 6.27. The van der Waals surface area contributed by atoms with Crippen LogP contribution in [-0.4, -0.2) is 20.8 Å². The Morgan fingerprint density at radius 2 is 1.89 bits per heavy atom. The second-order valence-corrected chi connectivity index (χ2v) is 7.03. The minimum atomic E-state index is -0.366. The highest BCUT2D eigenvalue weighted by Gasteiger charge is 2.41. The van der Waals surface area contributed by atoms with Crippen LogP contribution in [0, 0.1) is 0 Å². The number of nitrogens with zero attached hydrogens (tertiary/aromatic N) is 3. The number of aromatic hydroxyl groups is 1. The molecule has 0 amide bonds. The quantitative estimate of drug-likeness (QED) is 0.704. The molecule has 0 saturated heterocycles. The Balaban J connectivity index is 1.63. The van der Waals surface area contributed by atoms with Crippen LogP contribution in [0.1, 0.15) is 35.4 Å². The Morgan fingerprint density at radius 3 is 2.70 bits per heavy atom. The summed E-state index contributed by atoms with van der Waals surface area (Å²) in [5.74, 6) is 1.03. The van der Waals surface area contributed by atoms with Gasteiger partial charge >= 0.3 is 0 Å². The SMILES string of the molecule is Oc1ccccc1C1=NN2C(C1)c1cc(Cl)ccc1OC2c1ccncc1. The molecule has 0 fully saturated rings.